The molecule has 0 aromatic heterocycles. The number of amides is 1. The lowest BCUT2D eigenvalue weighted by atomic mass is 9.97. The Labute approximate surface area is 160 Å². The number of aryl methyl sites for hydroxylation is 2. The van der Waals surface area contributed by atoms with Gasteiger partial charge in [0.15, 0.2) is 0 Å². The molecule has 0 unspecified atom stereocenters. The highest BCUT2D eigenvalue weighted by atomic mass is 16.4. The summed E-state index contributed by atoms with van der Waals surface area (Å²) >= 11 is 0. The lowest BCUT2D eigenvalue weighted by Crippen LogP contribution is -2.36. The molecule has 7 heteroatoms. The molecule has 1 fully saturated rings. The minimum atomic E-state index is -1.82. The monoisotopic (exact) mass is 378 g/mol. The van der Waals surface area contributed by atoms with Gasteiger partial charge in [0.1, 0.15) is 0 Å². The number of hydrogen-bond acceptors (Lipinski definition) is 4. The molecular weight excluding hydrogens is 348 g/mol. The molecule has 4 N–H and O–H groups in total. The lowest BCUT2D eigenvalue weighted by molar-refractivity contribution is -0.159. The Morgan fingerprint density at radius 1 is 0.926 bits per heavy atom. The normalized spacial score (nSPS) is 14.9. The number of rotatable bonds is 4. The van der Waals surface area contributed by atoms with Crippen LogP contribution in [-0.2, 0) is 14.4 Å². The van der Waals surface area contributed by atoms with E-state index in [0.717, 1.165) is 5.69 Å². The summed E-state index contributed by atoms with van der Waals surface area (Å²) in [6.45, 7) is 4.56. The minimum Gasteiger partial charge on any atom is -0.473 e. The van der Waals surface area contributed by atoms with Crippen LogP contribution in [0.5, 0.6) is 0 Å². The SMILES string of the molecule is Cc1ccc(NC(=O)CNC2CCCCCCC2)cc1C.O=C(O)C(=O)O. The van der Waals surface area contributed by atoms with Crippen molar-refractivity contribution < 1.29 is 24.6 Å². The highest BCUT2D eigenvalue weighted by molar-refractivity contribution is 6.27. The Hall–Kier alpha value is -2.41. The van der Waals surface area contributed by atoms with Crippen molar-refractivity contribution >= 4 is 23.5 Å². The molecule has 1 aromatic carbocycles. The van der Waals surface area contributed by atoms with E-state index in [-0.39, 0.29) is 5.91 Å². The molecule has 0 aliphatic heterocycles. The lowest BCUT2D eigenvalue weighted by Gasteiger charge is -2.20. The summed E-state index contributed by atoms with van der Waals surface area (Å²) in [5.41, 5.74) is 3.35. The molecule has 27 heavy (non-hydrogen) atoms. The number of carbonyl (C=O) groups excluding carboxylic acids is 1. The Morgan fingerprint density at radius 2 is 1.48 bits per heavy atom. The zero-order valence-corrected chi connectivity index (χ0v) is 16.1. The number of benzene rings is 1. The van der Waals surface area contributed by atoms with Gasteiger partial charge < -0.3 is 20.8 Å². The van der Waals surface area contributed by atoms with Crippen molar-refractivity contribution in [1.82, 2.24) is 5.32 Å². The molecule has 150 valence electrons. The molecule has 1 amide bonds. The van der Waals surface area contributed by atoms with Crippen molar-refractivity contribution in [3.63, 3.8) is 0 Å². The minimum absolute atomic E-state index is 0.0558. The van der Waals surface area contributed by atoms with E-state index in [2.05, 4.69) is 24.5 Å². The summed E-state index contributed by atoms with van der Waals surface area (Å²) in [5.74, 6) is -3.59. The van der Waals surface area contributed by atoms with Crippen molar-refractivity contribution in [3.05, 3.63) is 29.3 Å². The molecule has 0 saturated heterocycles. The Bertz CT molecular complexity index is 625. The fraction of sp³-hybridized carbons (Fsp3) is 0.550. The van der Waals surface area contributed by atoms with Gasteiger partial charge >= 0.3 is 11.9 Å². The van der Waals surface area contributed by atoms with Crippen molar-refractivity contribution in [1.29, 1.82) is 0 Å². The van der Waals surface area contributed by atoms with E-state index in [1.54, 1.807) is 0 Å². The van der Waals surface area contributed by atoms with Gasteiger partial charge in [0.2, 0.25) is 5.91 Å². The number of aliphatic carboxylic acids is 2. The summed E-state index contributed by atoms with van der Waals surface area (Å²) in [6.07, 6.45) is 9.04. The zero-order valence-electron chi connectivity index (χ0n) is 16.1. The third-order valence-electron chi connectivity index (χ3n) is 4.63. The number of nitrogens with one attached hydrogen (secondary N) is 2. The van der Waals surface area contributed by atoms with Crippen molar-refractivity contribution in [2.45, 2.75) is 64.8 Å². The maximum atomic E-state index is 12.0. The predicted molar refractivity (Wildman–Crippen MR) is 104 cm³/mol. The first-order valence-electron chi connectivity index (χ1n) is 9.36. The second-order valence-electron chi connectivity index (χ2n) is 6.88. The van der Waals surface area contributed by atoms with Gasteiger partial charge in [-0.05, 0) is 49.9 Å². The standard InChI is InChI=1S/C18H28N2O.C2H2O4/c1-14-10-11-17(12-15(14)2)20-18(21)13-19-16-8-6-4-3-5-7-9-16;3-1(4)2(5)6/h10-12,16,19H,3-9,13H2,1-2H3,(H,20,21);(H,3,4)(H,5,6). The van der Waals surface area contributed by atoms with E-state index in [4.69, 9.17) is 19.8 Å². The molecule has 7 nitrogen and oxygen atoms in total. The summed E-state index contributed by atoms with van der Waals surface area (Å²) in [4.78, 5) is 30.2. The Kier molecular flexibility index (Phi) is 10.1. The zero-order chi connectivity index (χ0) is 20.2. The fourth-order valence-corrected chi connectivity index (χ4v) is 2.92. The highest BCUT2D eigenvalue weighted by Gasteiger charge is 2.12. The number of anilines is 1. The third-order valence-corrected chi connectivity index (χ3v) is 4.63. The van der Waals surface area contributed by atoms with Crippen LogP contribution < -0.4 is 10.6 Å². The molecule has 0 radical (unpaired) electrons. The number of carboxylic acid groups (broad SMARTS) is 2. The van der Waals surface area contributed by atoms with Crippen LogP contribution in [0.4, 0.5) is 5.69 Å². The predicted octanol–water partition coefficient (Wildman–Crippen LogP) is 3.10. The van der Waals surface area contributed by atoms with Crippen LogP contribution in [0.15, 0.2) is 18.2 Å². The van der Waals surface area contributed by atoms with E-state index < -0.39 is 11.9 Å². The topological polar surface area (TPSA) is 116 Å². The van der Waals surface area contributed by atoms with Crippen LogP contribution in [-0.4, -0.2) is 40.6 Å². The number of carbonyl (C=O) groups is 3. The first-order valence-corrected chi connectivity index (χ1v) is 9.36. The van der Waals surface area contributed by atoms with E-state index in [9.17, 15) is 4.79 Å². The van der Waals surface area contributed by atoms with Crippen LogP contribution >= 0.6 is 0 Å². The highest BCUT2D eigenvalue weighted by Crippen LogP contribution is 2.17. The third kappa shape index (κ3) is 9.75. The molecule has 2 rings (SSSR count). The molecule has 1 aliphatic carbocycles. The van der Waals surface area contributed by atoms with Gasteiger partial charge in [0.25, 0.3) is 0 Å². The van der Waals surface area contributed by atoms with E-state index in [1.807, 2.05) is 18.2 Å². The van der Waals surface area contributed by atoms with E-state index >= 15 is 0 Å². The first kappa shape index (κ1) is 22.6. The van der Waals surface area contributed by atoms with Crippen LogP contribution in [0.25, 0.3) is 0 Å². The molecule has 1 aromatic rings. The van der Waals surface area contributed by atoms with Crippen LogP contribution in [0.3, 0.4) is 0 Å². The molecule has 0 atom stereocenters. The van der Waals surface area contributed by atoms with Crippen LogP contribution in [0.2, 0.25) is 0 Å². The van der Waals surface area contributed by atoms with E-state index in [1.165, 1.54) is 56.1 Å². The molecule has 1 saturated carbocycles. The van der Waals surface area contributed by atoms with Gasteiger partial charge in [0.05, 0.1) is 6.54 Å². The number of hydrogen-bond donors (Lipinski definition) is 4. The summed E-state index contributed by atoms with van der Waals surface area (Å²) in [7, 11) is 0. The fourth-order valence-electron chi connectivity index (χ4n) is 2.92. The van der Waals surface area contributed by atoms with Crippen LogP contribution in [0, 0.1) is 13.8 Å². The average Bonchev–Trinajstić information content (AvgIpc) is 2.57. The van der Waals surface area contributed by atoms with Gasteiger partial charge in [-0.3, -0.25) is 4.79 Å². The molecule has 0 spiro atoms. The van der Waals surface area contributed by atoms with Gasteiger partial charge in [-0.1, -0.05) is 38.2 Å². The van der Waals surface area contributed by atoms with Crippen molar-refractivity contribution in [2.24, 2.45) is 0 Å². The van der Waals surface area contributed by atoms with E-state index in [0.29, 0.717) is 12.6 Å². The maximum Gasteiger partial charge on any atom is 0.414 e. The van der Waals surface area contributed by atoms with Crippen LogP contribution in [0.1, 0.15) is 56.1 Å². The second kappa shape index (κ2) is 12.1. The molecular formula is C20H30N2O5. The quantitative estimate of drug-likeness (QED) is 0.598. The molecule has 1 aliphatic rings. The molecule has 0 heterocycles. The largest absolute Gasteiger partial charge is 0.473 e. The van der Waals surface area contributed by atoms with Crippen molar-refractivity contribution in [3.8, 4) is 0 Å². The second-order valence-corrected chi connectivity index (χ2v) is 6.88. The maximum absolute atomic E-state index is 12.0. The van der Waals surface area contributed by atoms with Gasteiger partial charge in [-0.25, -0.2) is 9.59 Å². The Morgan fingerprint density at radius 3 is 2.00 bits per heavy atom. The summed E-state index contributed by atoms with van der Waals surface area (Å²) < 4.78 is 0. The summed E-state index contributed by atoms with van der Waals surface area (Å²) in [5, 5.41) is 21.2. The smallest absolute Gasteiger partial charge is 0.414 e. The average molecular weight is 378 g/mol. The summed E-state index contributed by atoms with van der Waals surface area (Å²) in [6, 6.07) is 6.56. The first-order chi connectivity index (χ1) is 12.8. The van der Waals surface area contributed by atoms with Gasteiger partial charge in [0, 0.05) is 11.7 Å². The number of carboxylic acids is 2. The van der Waals surface area contributed by atoms with Crippen molar-refractivity contribution in [2.75, 3.05) is 11.9 Å². The van der Waals surface area contributed by atoms with Gasteiger partial charge in [-0.15, -0.1) is 0 Å². The molecule has 0 bridgehead atoms. The Balaban J connectivity index is 0.000000527. The van der Waals surface area contributed by atoms with Gasteiger partial charge in [-0.2, -0.15) is 0 Å².